The van der Waals surface area contributed by atoms with Crippen molar-refractivity contribution in [2.24, 2.45) is 0 Å². The molecule has 0 aliphatic heterocycles. The predicted molar refractivity (Wildman–Crippen MR) is 54.3 cm³/mol. The van der Waals surface area contributed by atoms with Gasteiger partial charge in [-0.2, -0.15) is 8.78 Å². The fourth-order valence-electron chi connectivity index (χ4n) is 1.13. The summed E-state index contributed by atoms with van der Waals surface area (Å²) in [7, 11) is 1.40. The molecular weight excluding hydrogens is 202 g/mol. The highest BCUT2D eigenvalue weighted by atomic mass is 19.3. The van der Waals surface area contributed by atoms with Crippen LogP contribution in [0.2, 0.25) is 0 Å². The van der Waals surface area contributed by atoms with Crippen molar-refractivity contribution in [2.75, 3.05) is 7.11 Å². The van der Waals surface area contributed by atoms with Gasteiger partial charge in [0.2, 0.25) is 0 Å². The van der Waals surface area contributed by atoms with Gasteiger partial charge in [0.15, 0.2) is 11.5 Å². The topological polar surface area (TPSA) is 18.5 Å². The molecule has 1 rings (SSSR count). The second-order valence-corrected chi connectivity index (χ2v) is 3.02. The van der Waals surface area contributed by atoms with Gasteiger partial charge in [-0.15, -0.1) is 0 Å². The molecule has 0 amide bonds. The summed E-state index contributed by atoms with van der Waals surface area (Å²) < 4.78 is 33.2. The van der Waals surface area contributed by atoms with Crippen LogP contribution in [-0.2, 0) is 0 Å². The molecule has 0 radical (unpaired) electrons. The zero-order chi connectivity index (χ0) is 11.4. The third-order valence-electron chi connectivity index (χ3n) is 1.87. The van der Waals surface area contributed by atoms with Gasteiger partial charge in [-0.25, -0.2) is 0 Å². The minimum absolute atomic E-state index is 0.0255. The predicted octanol–water partition coefficient (Wildman–Crippen LogP) is 3.33. The summed E-state index contributed by atoms with van der Waals surface area (Å²) in [6.45, 7) is 2.72. The fraction of sp³-hybridized carbons (Fsp3) is 0.273. The Bertz CT molecular complexity index is 362. The molecule has 4 heteroatoms. The maximum Gasteiger partial charge on any atom is 0.387 e. The lowest BCUT2D eigenvalue weighted by Crippen LogP contribution is -2.03. The third kappa shape index (κ3) is 2.94. The van der Waals surface area contributed by atoms with Crippen molar-refractivity contribution in [1.82, 2.24) is 0 Å². The smallest absolute Gasteiger partial charge is 0.387 e. The molecule has 15 heavy (non-hydrogen) atoms. The Hall–Kier alpha value is -1.58. The molecule has 0 aliphatic rings. The number of allylic oxidation sites excluding steroid dienone is 1. The quantitative estimate of drug-likeness (QED) is 0.765. The van der Waals surface area contributed by atoms with Gasteiger partial charge in [0.25, 0.3) is 0 Å². The standard InChI is InChI=1S/C11H12F2O2/c1-7(2)8-4-5-9(15-11(12)13)10(6-8)14-3/h4-6,11H,1H2,2-3H3. The average molecular weight is 214 g/mol. The van der Waals surface area contributed by atoms with Crippen molar-refractivity contribution in [2.45, 2.75) is 13.5 Å². The summed E-state index contributed by atoms with van der Waals surface area (Å²) in [5.41, 5.74) is 1.66. The van der Waals surface area contributed by atoms with E-state index in [0.717, 1.165) is 11.1 Å². The van der Waals surface area contributed by atoms with Crippen molar-refractivity contribution < 1.29 is 18.3 Å². The van der Waals surface area contributed by atoms with Crippen LogP contribution >= 0.6 is 0 Å². The largest absolute Gasteiger partial charge is 0.493 e. The van der Waals surface area contributed by atoms with Crippen molar-refractivity contribution in [3.8, 4) is 11.5 Å². The number of benzene rings is 1. The number of methoxy groups -OCH3 is 1. The molecule has 0 atom stereocenters. The minimum atomic E-state index is -2.85. The van der Waals surface area contributed by atoms with Crippen LogP contribution in [0.4, 0.5) is 8.78 Å². The highest BCUT2D eigenvalue weighted by Crippen LogP contribution is 2.31. The maximum absolute atomic E-state index is 12.0. The lowest BCUT2D eigenvalue weighted by Gasteiger charge is -2.11. The van der Waals surface area contributed by atoms with Crippen molar-refractivity contribution in [3.05, 3.63) is 30.3 Å². The van der Waals surface area contributed by atoms with Gasteiger partial charge >= 0.3 is 6.61 Å². The van der Waals surface area contributed by atoms with E-state index in [1.54, 1.807) is 12.1 Å². The number of hydrogen-bond donors (Lipinski definition) is 0. The highest BCUT2D eigenvalue weighted by molar-refractivity contribution is 5.64. The van der Waals surface area contributed by atoms with Crippen LogP contribution in [0.5, 0.6) is 11.5 Å². The minimum Gasteiger partial charge on any atom is -0.493 e. The Labute approximate surface area is 87.1 Å². The molecular formula is C11H12F2O2. The molecule has 0 heterocycles. The maximum atomic E-state index is 12.0. The summed E-state index contributed by atoms with van der Waals surface area (Å²) >= 11 is 0. The van der Waals surface area contributed by atoms with E-state index < -0.39 is 6.61 Å². The SMILES string of the molecule is C=C(C)c1ccc(OC(F)F)c(OC)c1. The summed E-state index contributed by atoms with van der Waals surface area (Å²) in [5.74, 6) is 0.299. The van der Waals surface area contributed by atoms with Crippen LogP contribution in [0.1, 0.15) is 12.5 Å². The molecule has 0 unspecified atom stereocenters. The fourth-order valence-corrected chi connectivity index (χ4v) is 1.13. The van der Waals surface area contributed by atoms with Crippen molar-refractivity contribution in [1.29, 1.82) is 0 Å². The van der Waals surface area contributed by atoms with E-state index in [1.165, 1.54) is 13.2 Å². The number of rotatable bonds is 4. The summed E-state index contributed by atoms with van der Waals surface area (Å²) in [4.78, 5) is 0. The van der Waals surface area contributed by atoms with Crippen LogP contribution in [0.15, 0.2) is 24.8 Å². The first kappa shape index (κ1) is 11.5. The average Bonchev–Trinajstić information content (AvgIpc) is 2.17. The van der Waals surface area contributed by atoms with E-state index in [4.69, 9.17) is 4.74 Å². The van der Waals surface area contributed by atoms with Gasteiger partial charge in [-0.1, -0.05) is 18.2 Å². The van der Waals surface area contributed by atoms with Crippen molar-refractivity contribution >= 4 is 5.57 Å². The highest BCUT2D eigenvalue weighted by Gasteiger charge is 2.10. The molecule has 82 valence electrons. The number of halogens is 2. The molecule has 1 aromatic rings. The molecule has 2 nitrogen and oxygen atoms in total. The molecule has 0 fully saturated rings. The summed E-state index contributed by atoms with van der Waals surface area (Å²) in [6, 6.07) is 4.71. The van der Waals surface area contributed by atoms with Gasteiger partial charge in [-0.05, 0) is 24.6 Å². The van der Waals surface area contributed by atoms with E-state index in [9.17, 15) is 8.78 Å². The van der Waals surface area contributed by atoms with Gasteiger partial charge in [-0.3, -0.25) is 0 Å². The Morgan fingerprint density at radius 3 is 2.47 bits per heavy atom. The molecule has 0 N–H and O–H groups in total. The first-order valence-electron chi connectivity index (χ1n) is 4.33. The van der Waals surface area contributed by atoms with Gasteiger partial charge in [0, 0.05) is 0 Å². The second-order valence-electron chi connectivity index (χ2n) is 3.02. The van der Waals surface area contributed by atoms with Crippen LogP contribution < -0.4 is 9.47 Å². The lowest BCUT2D eigenvalue weighted by molar-refractivity contribution is -0.0512. The second kappa shape index (κ2) is 4.77. The zero-order valence-corrected chi connectivity index (χ0v) is 8.59. The van der Waals surface area contributed by atoms with E-state index in [2.05, 4.69) is 11.3 Å². The van der Waals surface area contributed by atoms with Crippen molar-refractivity contribution in [3.63, 3.8) is 0 Å². The first-order valence-corrected chi connectivity index (χ1v) is 4.33. The van der Waals surface area contributed by atoms with Gasteiger partial charge < -0.3 is 9.47 Å². The third-order valence-corrected chi connectivity index (χ3v) is 1.87. The lowest BCUT2D eigenvalue weighted by atomic mass is 10.1. The van der Waals surface area contributed by atoms with Gasteiger partial charge in [0.1, 0.15) is 0 Å². The van der Waals surface area contributed by atoms with E-state index >= 15 is 0 Å². The number of alkyl halides is 2. The monoisotopic (exact) mass is 214 g/mol. The molecule has 1 aromatic carbocycles. The summed E-state index contributed by atoms with van der Waals surface area (Å²) in [6.07, 6.45) is 0. The molecule has 0 aromatic heterocycles. The zero-order valence-electron chi connectivity index (χ0n) is 8.59. The molecule has 0 bridgehead atoms. The van der Waals surface area contributed by atoms with Gasteiger partial charge in [0.05, 0.1) is 7.11 Å². The Morgan fingerprint density at radius 1 is 1.33 bits per heavy atom. The molecule has 0 spiro atoms. The van der Waals surface area contributed by atoms with Crippen LogP contribution in [0.3, 0.4) is 0 Å². The Kier molecular flexibility index (Phi) is 3.66. The normalized spacial score (nSPS) is 10.2. The Balaban J connectivity index is 3.03. The number of hydrogen-bond acceptors (Lipinski definition) is 2. The van der Waals surface area contributed by atoms with E-state index in [0.29, 0.717) is 0 Å². The van der Waals surface area contributed by atoms with E-state index in [-0.39, 0.29) is 11.5 Å². The molecule has 0 aliphatic carbocycles. The first-order chi connectivity index (χ1) is 7.04. The Morgan fingerprint density at radius 2 is 2.00 bits per heavy atom. The molecule has 0 saturated heterocycles. The van der Waals surface area contributed by atoms with Crippen LogP contribution in [0, 0.1) is 0 Å². The van der Waals surface area contributed by atoms with Crippen LogP contribution in [0.25, 0.3) is 5.57 Å². The van der Waals surface area contributed by atoms with Crippen LogP contribution in [-0.4, -0.2) is 13.7 Å². The summed E-state index contributed by atoms with van der Waals surface area (Å²) in [5, 5.41) is 0. The molecule has 0 saturated carbocycles. The number of ether oxygens (including phenoxy) is 2. The van der Waals surface area contributed by atoms with E-state index in [1.807, 2.05) is 6.92 Å².